The summed E-state index contributed by atoms with van der Waals surface area (Å²) in [5.74, 6) is -2.55. The minimum Gasteiger partial charge on any atom is -0.427 e. The second-order valence-electron chi connectivity index (χ2n) is 12.4. The molecule has 0 aliphatic rings. The van der Waals surface area contributed by atoms with Gasteiger partial charge in [-0.05, 0) is 70.4 Å². The fourth-order valence-corrected chi connectivity index (χ4v) is 5.01. The average molecular weight is 626 g/mol. The van der Waals surface area contributed by atoms with E-state index < -0.39 is 36.8 Å². The summed E-state index contributed by atoms with van der Waals surface area (Å²) < 4.78 is 0. The van der Waals surface area contributed by atoms with Crippen LogP contribution in [0, 0.1) is 5.92 Å². The lowest BCUT2D eigenvalue weighted by Crippen LogP contribution is -2.46. The van der Waals surface area contributed by atoms with Gasteiger partial charge < -0.3 is 37.5 Å². The molecule has 0 aliphatic heterocycles. The van der Waals surface area contributed by atoms with E-state index in [-0.39, 0.29) is 36.7 Å². The zero-order chi connectivity index (χ0) is 33.2. The Labute approximate surface area is 267 Å². The number of amides is 2. The van der Waals surface area contributed by atoms with Crippen molar-refractivity contribution in [2.45, 2.75) is 148 Å². The van der Waals surface area contributed by atoms with Crippen LogP contribution in [0.5, 0.6) is 0 Å². The summed E-state index contributed by atoms with van der Waals surface area (Å²) in [6.45, 7) is 7.75. The van der Waals surface area contributed by atoms with Crippen LogP contribution < -0.4 is 27.4 Å². The van der Waals surface area contributed by atoms with E-state index in [1.807, 2.05) is 0 Å². The molecule has 0 bridgehead atoms. The van der Waals surface area contributed by atoms with Crippen molar-refractivity contribution in [3.8, 4) is 0 Å². The highest BCUT2D eigenvalue weighted by molar-refractivity contribution is 6.43. The fourth-order valence-electron chi connectivity index (χ4n) is 5.01. The molecule has 4 atom stereocenters. The van der Waals surface area contributed by atoms with E-state index in [2.05, 4.69) is 22.9 Å². The van der Waals surface area contributed by atoms with Crippen LogP contribution >= 0.6 is 0 Å². The molecule has 0 unspecified atom stereocenters. The first-order valence-corrected chi connectivity index (χ1v) is 17.2. The monoisotopic (exact) mass is 625 g/mol. The van der Waals surface area contributed by atoms with E-state index in [4.69, 9.17) is 11.5 Å². The first-order valence-electron chi connectivity index (χ1n) is 17.2. The van der Waals surface area contributed by atoms with Crippen molar-refractivity contribution >= 4 is 30.5 Å². The van der Waals surface area contributed by atoms with Crippen molar-refractivity contribution in [3.05, 3.63) is 0 Å². The van der Waals surface area contributed by atoms with Crippen molar-refractivity contribution in [2.24, 2.45) is 17.4 Å². The molecule has 12 heteroatoms. The molecule has 0 aromatic carbocycles. The molecule has 256 valence electrons. The Morgan fingerprint density at radius 1 is 0.682 bits per heavy atom. The Morgan fingerprint density at radius 3 is 1.75 bits per heavy atom. The molecule has 2 amide bonds. The average Bonchev–Trinajstić information content (AvgIpc) is 2.98. The topological polar surface area (TPSA) is 197 Å². The van der Waals surface area contributed by atoms with Crippen molar-refractivity contribution in [2.75, 3.05) is 26.2 Å². The largest absolute Gasteiger partial charge is 0.454 e. The molecule has 11 nitrogen and oxygen atoms in total. The number of hydrogen-bond donors (Lipinski definition) is 7. The first kappa shape index (κ1) is 42.1. The van der Waals surface area contributed by atoms with Crippen LogP contribution in [-0.4, -0.2) is 78.8 Å². The fraction of sp³-hybridized carbons (Fsp3) is 0.875. The molecule has 0 aromatic heterocycles. The number of unbranched alkanes of at least 4 members (excludes halogenated alkanes) is 9. The Bertz CT molecular complexity index is 788. The summed E-state index contributed by atoms with van der Waals surface area (Å²) in [5, 5.41) is 27.7. The first-order chi connectivity index (χ1) is 21.1. The van der Waals surface area contributed by atoms with Gasteiger partial charge in [-0.25, -0.2) is 0 Å². The third kappa shape index (κ3) is 21.8. The predicted molar refractivity (Wildman–Crippen MR) is 178 cm³/mol. The third-order valence-electron chi connectivity index (χ3n) is 8.05. The standard InChI is InChI=1S/C32H64BN5O6/c1-4-5-6-7-8-9-10-15-21-36-22-18-31(41)37-27(16-11-13-19-34)29(39)23-25(2)32(42)38-28(17-12-14-20-35)30(40)24-26(3)33(43)44/h25-28,36,43-44H,4-24,34-35H2,1-3H3,(H,37,41)(H,38,42)/t25-,26-,27+,28+/m1/s1. The molecule has 0 saturated heterocycles. The van der Waals surface area contributed by atoms with E-state index in [0.717, 1.165) is 19.4 Å². The number of nitrogens with one attached hydrogen (secondary N) is 3. The van der Waals surface area contributed by atoms with Gasteiger partial charge in [0.15, 0.2) is 11.6 Å². The molecule has 0 fully saturated rings. The zero-order valence-corrected chi connectivity index (χ0v) is 27.9. The summed E-state index contributed by atoms with van der Waals surface area (Å²) in [5.41, 5.74) is 11.2. The maximum absolute atomic E-state index is 13.2. The van der Waals surface area contributed by atoms with Gasteiger partial charge in [-0.15, -0.1) is 0 Å². The summed E-state index contributed by atoms with van der Waals surface area (Å²) in [6, 6.07) is -1.50. The van der Waals surface area contributed by atoms with Crippen LogP contribution in [0.3, 0.4) is 0 Å². The van der Waals surface area contributed by atoms with Crippen LogP contribution in [0.1, 0.15) is 130 Å². The van der Waals surface area contributed by atoms with Crippen LogP contribution in [-0.2, 0) is 19.2 Å². The van der Waals surface area contributed by atoms with Crippen LogP contribution in [0.2, 0.25) is 5.82 Å². The van der Waals surface area contributed by atoms with Crippen molar-refractivity contribution in [1.82, 2.24) is 16.0 Å². The summed E-state index contributed by atoms with van der Waals surface area (Å²) in [4.78, 5) is 51.7. The zero-order valence-electron chi connectivity index (χ0n) is 27.9. The van der Waals surface area contributed by atoms with E-state index in [1.165, 1.54) is 44.9 Å². The van der Waals surface area contributed by atoms with Crippen LogP contribution in [0.4, 0.5) is 0 Å². The van der Waals surface area contributed by atoms with Crippen LogP contribution in [0.15, 0.2) is 0 Å². The molecule has 9 N–H and O–H groups in total. The van der Waals surface area contributed by atoms with Gasteiger partial charge in [0.2, 0.25) is 11.8 Å². The third-order valence-corrected chi connectivity index (χ3v) is 8.05. The van der Waals surface area contributed by atoms with Crippen LogP contribution in [0.25, 0.3) is 0 Å². The highest BCUT2D eigenvalue weighted by Crippen LogP contribution is 2.17. The molecular weight excluding hydrogens is 561 g/mol. The number of Topliss-reactive ketones (excluding diaryl/α,β-unsaturated/α-hetero) is 2. The van der Waals surface area contributed by atoms with E-state index in [0.29, 0.717) is 51.7 Å². The number of rotatable bonds is 30. The Hall–Kier alpha value is -1.86. The smallest absolute Gasteiger partial charge is 0.427 e. The second kappa shape index (κ2) is 27.5. The van der Waals surface area contributed by atoms with Gasteiger partial charge in [0.05, 0.1) is 12.1 Å². The number of nitrogens with two attached hydrogens (primary N) is 2. The van der Waals surface area contributed by atoms with Crippen molar-refractivity contribution in [1.29, 1.82) is 0 Å². The minimum atomic E-state index is -1.63. The molecule has 0 heterocycles. The van der Waals surface area contributed by atoms with Gasteiger partial charge in [-0.1, -0.05) is 65.7 Å². The number of carbonyl (C=O) groups excluding carboxylic acids is 4. The molecule has 44 heavy (non-hydrogen) atoms. The molecule has 0 rings (SSSR count). The highest BCUT2D eigenvalue weighted by atomic mass is 16.4. The van der Waals surface area contributed by atoms with Gasteiger partial charge in [0.25, 0.3) is 0 Å². The van der Waals surface area contributed by atoms with E-state index in [9.17, 15) is 29.2 Å². The molecular formula is C32H64BN5O6. The number of carbonyl (C=O) groups is 4. The highest BCUT2D eigenvalue weighted by Gasteiger charge is 2.30. The van der Waals surface area contributed by atoms with Gasteiger partial charge in [0, 0.05) is 31.7 Å². The molecule has 0 radical (unpaired) electrons. The van der Waals surface area contributed by atoms with E-state index >= 15 is 0 Å². The molecule has 0 aliphatic carbocycles. The quantitative estimate of drug-likeness (QED) is 0.0464. The lowest BCUT2D eigenvalue weighted by Gasteiger charge is -2.23. The van der Waals surface area contributed by atoms with Gasteiger partial charge in [0.1, 0.15) is 0 Å². The summed E-state index contributed by atoms with van der Waals surface area (Å²) >= 11 is 0. The maximum Gasteiger partial charge on any atom is 0.454 e. The SMILES string of the molecule is CCCCCCCCCCNCCC(=O)N[C@@H](CCCCN)C(=O)C[C@@H](C)C(=O)N[C@@H](CCCCN)C(=O)C[C@@H](C)B(O)O. The Morgan fingerprint density at radius 2 is 1.20 bits per heavy atom. The van der Waals surface area contributed by atoms with Gasteiger partial charge >= 0.3 is 7.12 Å². The van der Waals surface area contributed by atoms with Crippen molar-refractivity contribution in [3.63, 3.8) is 0 Å². The predicted octanol–water partition coefficient (Wildman–Crippen LogP) is 2.75. The molecule has 0 spiro atoms. The molecule has 0 saturated carbocycles. The second-order valence-corrected chi connectivity index (χ2v) is 12.4. The van der Waals surface area contributed by atoms with Gasteiger partial charge in [-0.3, -0.25) is 19.2 Å². The summed E-state index contributed by atoms with van der Waals surface area (Å²) in [7, 11) is -1.63. The summed E-state index contributed by atoms with van der Waals surface area (Å²) in [6.07, 6.45) is 13.6. The lowest BCUT2D eigenvalue weighted by molar-refractivity contribution is -0.133. The lowest BCUT2D eigenvalue weighted by atomic mass is 9.71. The van der Waals surface area contributed by atoms with Gasteiger partial charge in [-0.2, -0.15) is 0 Å². The number of hydrogen-bond acceptors (Lipinski definition) is 9. The van der Waals surface area contributed by atoms with Crippen molar-refractivity contribution < 1.29 is 29.2 Å². The number of ketones is 2. The maximum atomic E-state index is 13.2. The Kier molecular flexibility index (Phi) is 26.3. The molecule has 0 aromatic rings. The normalized spacial score (nSPS) is 14.0. The van der Waals surface area contributed by atoms with E-state index in [1.54, 1.807) is 13.8 Å². The minimum absolute atomic E-state index is 0.0778. The Balaban J connectivity index is 4.84.